The molecule has 0 radical (unpaired) electrons. The van der Waals surface area contributed by atoms with Crippen LogP contribution in [-0.4, -0.2) is 21.7 Å². The first-order valence-corrected chi connectivity index (χ1v) is 6.94. The van der Waals surface area contributed by atoms with Crippen LogP contribution in [0.25, 0.3) is 0 Å². The van der Waals surface area contributed by atoms with Crippen LogP contribution < -0.4 is 5.32 Å². The van der Waals surface area contributed by atoms with Gasteiger partial charge in [-0.3, -0.25) is 0 Å². The fraction of sp³-hybridized carbons (Fsp3) is 0.583. The first kappa shape index (κ1) is 13.2. The van der Waals surface area contributed by atoms with Crippen molar-refractivity contribution < 1.29 is 4.52 Å². The number of thiazole rings is 1. The van der Waals surface area contributed by atoms with Gasteiger partial charge in [-0.2, -0.15) is 4.98 Å². The highest BCUT2D eigenvalue weighted by Gasteiger charge is 2.09. The molecule has 2 heterocycles. The summed E-state index contributed by atoms with van der Waals surface area (Å²) in [6.45, 7) is 7.89. The number of nitrogens with zero attached hydrogens (tertiary/aromatic N) is 3. The van der Waals surface area contributed by atoms with Gasteiger partial charge in [0, 0.05) is 11.1 Å². The molecule has 2 aromatic rings. The van der Waals surface area contributed by atoms with Crippen molar-refractivity contribution in [3.8, 4) is 0 Å². The van der Waals surface area contributed by atoms with Gasteiger partial charge in [0.2, 0.25) is 5.89 Å². The number of hydrogen-bond acceptors (Lipinski definition) is 6. The second-order valence-electron chi connectivity index (χ2n) is 4.69. The Morgan fingerprint density at radius 2 is 2.22 bits per heavy atom. The standard InChI is InChI=1S/C12H18N4OS/c1-8(2)5-13-6-11-15-10(16-17-11)4-12-14-9(3)7-18-12/h7-8,13H,4-6H2,1-3H3. The Morgan fingerprint density at radius 3 is 2.89 bits per heavy atom. The van der Waals surface area contributed by atoms with Gasteiger partial charge in [0.1, 0.15) is 5.01 Å². The molecule has 2 aromatic heterocycles. The third-order valence-electron chi connectivity index (χ3n) is 2.31. The summed E-state index contributed by atoms with van der Waals surface area (Å²) in [5.74, 6) is 1.95. The van der Waals surface area contributed by atoms with Gasteiger partial charge in [-0.1, -0.05) is 19.0 Å². The van der Waals surface area contributed by atoms with E-state index < -0.39 is 0 Å². The van der Waals surface area contributed by atoms with Crippen LogP contribution in [-0.2, 0) is 13.0 Å². The number of rotatable bonds is 6. The molecule has 6 heteroatoms. The van der Waals surface area contributed by atoms with Gasteiger partial charge >= 0.3 is 0 Å². The molecule has 98 valence electrons. The SMILES string of the molecule is Cc1csc(Cc2noc(CNCC(C)C)n2)n1. The Kier molecular flexibility index (Phi) is 4.43. The highest BCUT2D eigenvalue weighted by atomic mass is 32.1. The summed E-state index contributed by atoms with van der Waals surface area (Å²) < 4.78 is 5.18. The molecule has 0 aromatic carbocycles. The van der Waals surface area contributed by atoms with Crippen molar-refractivity contribution in [3.63, 3.8) is 0 Å². The Bertz CT molecular complexity index is 492. The quantitative estimate of drug-likeness (QED) is 0.868. The number of aromatic nitrogens is 3. The molecule has 0 amide bonds. The molecule has 0 unspecified atom stereocenters. The van der Waals surface area contributed by atoms with Crippen molar-refractivity contribution in [2.24, 2.45) is 5.92 Å². The maximum Gasteiger partial charge on any atom is 0.240 e. The van der Waals surface area contributed by atoms with Crippen LogP contribution in [0.4, 0.5) is 0 Å². The van der Waals surface area contributed by atoms with Crippen molar-refractivity contribution >= 4 is 11.3 Å². The van der Waals surface area contributed by atoms with E-state index in [1.807, 2.05) is 12.3 Å². The van der Waals surface area contributed by atoms with Gasteiger partial charge in [0.25, 0.3) is 0 Å². The van der Waals surface area contributed by atoms with Crippen LogP contribution in [0.5, 0.6) is 0 Å². The van der Waals surface area contributed by atoms with Gasteiger partial charge in [-0.25, -0.2) is 4.98 Å². The first-order valence-electron chi connectivity index (χ1n) is 6.06. The van der Waals surface area contributed by atoms with Crippen LogP contribution in [0.1, 0.15) is 36.3 Å². The molecule has 0 spiro atoms. The van der Waals surface area contributed by atoms with E-state index in [1.54, 1.807) is 11.3 Å². The smallest absolute Gasteiger partial charge is 0.240 e. The highest BCUT2D eigenvalue weighted by molar-refractivity contribution is 7.09. The van der Waals surface area contributed by atoms with Crippen molar-refractivity contribution in [1.29, 1.82) is 0 Å². The van der Waals surface area contributed by atoms with E-state index >= 15 is 0 Å². The minimum Gasteiger partial charge on any atom is -0.338 e. The van der Waals surface area contributed by atoms with E-state index in [0.29, 0.717) is 30.6 Å². The molecule has 1 N–H and O–H groups in total. The lowest BCUT2D eigenvalue weighted by atomic mass is 10.2. The summed E-state index contributed by atoms with van der Waals surface area (Å²) in [6.07, 6.45) is 0.645. The Labute approximate surface area is 111 Å². The van der Waals surface area contributed by atoms with Crippen LogP contribution >= 0.6 is 11.3 Å². The molecule has 0 aliphatic rings. The molecule has 0 aliphatic heterocycles. The van der Waals surface area contributed by atoms with Crippen molar-refractivity contribution in [2.45, 2.75) is 33.7 Å². The third-order valence-corrected chi connectivity index (χ3v) is 3.28. The average Bonchev–Trinajstić information content (AvgIpc) is 2.89. The van der Waals surface area contributed by atoms with Gasteiger partial charge in [-0.05, 0) is 19.4 Å². The molecule has 0 aliphatic carbocycles. The lowest BCUT2D eigenvalue weighted by molar-refractivity contribution is 0.360. The normalized spacial score (nSPS) is 11.3. The van der Waals surface area contributed by atoms with Crippen molar-refractivity contribution in [2.75, 3.05) is 6.54 Å². The molecule has 5 nitrogen and oxygen atoms in total. The summed E-state index contributed by atoms with van der Waals surface area (Å²) >= 11 is 1.63. The van der Waals surface area contributed by atoms with Gasteiger partial charge in [0.05, 0.1) is 13.0 Å². The second kappa shape index (κ2) is 6.06. The van der Waals surface area contributed by atoms with E-state index in [9.17, 15) is 0 Å². The molecule has 2 rings (SSSR count). The lowest BCUT2D eigenvalue weighted by Gasteiger charge is -2.03. The van der Waals surface area contributed by atoms with Crippen molar-refractivity contribution in [3.05, 3.63) is 27.8 Å². The molecule has 0 bridgehead atoms. The maximum absolute atomic E-state index is 5.18. The fourth-order valence-electron chi connectivity index (χ4n) is 1.52. The third kappa shape index (κ3) is 3.89. The number of aryl methyl sites for hydroxylation is 1. The van der Waals surface area contributed by atoms with Gasteiger partial charge in [0.15, 0.2) is 5.82 Å². The van der Waals surface area contributed by atoms with Crippen LogP contribution in [0, 0.1) is 12.8 Å². The van der Waals surface area contributed by atoms with Crippen LogP contribution in [0.3, 0.4) is 0 Å². The molecule has 18 heavy (non-hydrogen) atoms. The number of nitrogens with one attached hydrogen (secondary N) is 1. The largest absolute Gasteiger partial charge is 0.338 e. The van der Waals surface area contributed by atoms with E-state index in [2.05, 4.69) is 34.3 Å². The minimum absolute atomic E-state index is 0.616. The summed E-state index contributed by atoms with van der Waals surface area (Å²) in [4.78, 5) is 8.72. The van der Waals surface area contributed by atoms with Crippen LogP contribution in [0.2, 0.25) is 0 Å². The zero-order chi connectivity index (χ0) is 13.0. The molecule has 0 atom stereocenters. The monoisotopic (exact) mass is 266 g/mol. The Morgan fingerprint density at radius 1 is 1.39 bits per heavy atom. The van der Waals surface area contributed by atoms with E-state index in [-0.39, 0.29) is 0 Å². The maximum atomic E-state index is 5.18. The van der Waals surface area contributed by atoms with Crippen molar-refractivity contribution in [1.82, 2.24) is 20.4 Å². The summed E-state index contributed by atoms with van der Waals surface area (Å²) in [5.41, 5.74) is 1.04. The topological polar surface area (TPSA) is 63.8 Å². The Hall–Kier alpha value is -1.27. The van der Waals surface area contributed by atoms with E-state index in [1.165, 1.54) is 0 Å². The Balaban J connectivity index is 1.86. The van der Waals surface area contributed by atoms with E-state index in [4.69, 9.17) is 4.52 Å². The zero-order valence-electron chi connectivity index (χ0n) is 10.9. The minimum atomic E-state index is 0.616. The summed E-state index contributed by atoms with van der Waals surface area (Å²) in [5, 5.41) is 10.3. The molecule has 0 fully saturated rings. The van der Waals surface area contributed by atoms with Gasteiger partial charge in [-0.15, -0.1) is 11.3 Å². The molecular formula is C12H18N4OS. The predicted octanol–water partition coefficient (Wildman–Crippen LogP) is 2.17. The summed E-state index contributed by atoms with van der Waals surface area (Å²) in [7, 11) is 0. The second-order valence-corrected chi connectivity index (χ2v) is 5.63. The highest BCUT2D eigenvalue weighted by Crippen LogP contribution is 2.12. The lowest BCUT2D eigenvalue weighted by Crippen LogP contribution is -2.19. The molecule has 0 saturated heterocycles. The fourth-order valence-corrected chi connectivity index (χ4v) is 2.29. The average molecular weight is 266 g/mol. The molecular weight excluding hydrogens is 248 g/mol. The molecule has 0 saturated carbocycles. The van der Waals surface area contributed by atoms with E-state index in [0.717, 1.165) is 17.2 Å². The predicted molar refractivity (Wildman–Crippen MR) is 70.5 cm³/mol. The first-order chi connectivity index (χ1) is 8.63. The van der Waals surface area contributed by atoms with Gasteiger partial charge < -0.3 is 9.84 Å². The zero-order valence-corrected chi connectivity index (χ0v) is 11.8. The van der Waals surface area contributed by atoms with Crippen LogP contribution in [0.15, 0.2) is 9.90 Å². The summed E-state index contributed by atoms with van der Waals surface area (Å²) in [6, 6.07) is 0. The number of hydrogen-bond donors (Lipinski definition) is 1.